The highest BCUT2D eigenvalue weighted by atomic mass is 32.2. The second kappa shape index (κ2) is 7.09. The number of benzene rings is 1. The summed E-state index contributed by atoms with van der Waals surface area (Å²) in [6.45, 7) is 1.95. The molecule has 2 N–H and O–H groups in total. The molecule has 0 saturated carbocycles. The quantitative estimate of drug-likeness (QED) is 0.674. The Morgan fingerprint density at radius 3 is 2.59 bits per heavy atom. The number of sulfone groups is 1. The van der Waals surface area contributed by atoms with Gasteiger partial charge in [-0.2, -0.15) is 0 Å². The van der Waals surface area contributed by atoms with E-state index in [1.807, 2.05) is 4.90 Å². The molecule has 0 amide bonds. The highest BCUT2D eigenvalue weighted by Crippen LogP contribution is 2.16. The summed E-state index contributed by atoms with van der Waals surface area (Å²) in [6.07, 6.45) is 4.54. The van der Waals surface area contributed by atoms with Gasteiger partial charge in [-0.1, -0.05) is 6.07 Å². The van der Waals surface area contributed by atoms with Gasteiger partial charge in [0.25, 0.3) is 0 Å². The number of piperidine rings is 1. The Morgan fingerprint density at radius 1 is 1.27 bits per heavy atom. The summed E-state index contributed by atoms with van der Waals surface area (Å²) in [5, 5.41) is 0. The smallest absolute Gasteiger partial charge is 0.191 e. The van der Waals surface area contributed by atoms with E-state index in [4.69, 9.17) is 5.73 Å². The minimum atomic E-state index is -3.18. The summed E-state index contributed by atoms with van der Waals surface area (Å²) in [5.41, 5.74) is 7.10. The second-order valence-corrected chi connectivity index (χ2v) is 7.85. The molecule has 22 heavy (non-hydrogen) atoms. The first kappa shape index (κ1) is 16.7. The minimum Gasteiger partial charge on any atom is -0.370 e. The number of rotatable bonds is 4. The van der Waals surface area contributed by atoms with E-state index < -0.39 is 15.7 Å². The van der Waals surface area contributed by atoms with E-state index in [9.17, 15) is 12.8 Å². The van der Waals surface area contributed by atoms with Crippen molar-refractivity contribution in [1.82, 2.24) is 4.90 Å². The highest BCUT2D eigenvalue weighted by Gasteiger charge is 2.13. The minimum absolute atomic E-state index is 0.123. The molecule has 0 aromatic heterocycles. The van der Waals surface area contributed by atoms with E-state index in [1.165, 1.54) is 24.6 Å². The number of aliphatic imine (C=N–C) groups is 1. The molecular formula is C15H22FN3O2S. The van der Waals surface area contributed by atoms with Crippen molar-refractivity contribution in [1.29, 1.82) is 0 Å². The number of hydrogen-bond acceptors (Lipinski definition) is 3. The molecule has 1 saturated heterocycles. The number of nitrogens with zero attached hydrogens (tertiary/aromatic N) is 2. The molecule has 0 spiro atoms. The third-order valence-electron chi connectivity index (χ3n) is 3.68. The average Bonchev–Trinajstić information content (AvgIpc) is 2.47. The molecule has 7 heteroatoms. The van der Waals surface area contributed by atoms with Crippen molar-refractivity contribution in [3.05, 3.63) is 35.1 Å². The topological polar surface area (TPSA) is 75.8 Å². The monoisotopic (exact) mass is 327 g/mol. The average molecular weight is 327 g/mol. The van der Waals surface area contributed by atoms with Gasteiger partial charge in [0.2, 0.25) is 0 Å². The largest absolute Gasteiger partial charge is 0.370 e. The number of nitrogens with two attached hydrogens (primary N) is 1. The molecule has 1 fully saturated rings. The van der Waals surface area contributed by atoms with Gasteiger partial charge in [0.15, 0.2) is 15.8 Å². The molecule has 0 radical (unpaired) electrons. The summed E-state index contributed by atoms with van der Waals surface area (Å²) in [7, 11) is -3.18. The van der Waals surface area contributed by atoms with Crippen LogP contribution in [0, 0.1) is 5.82 Å². The van der Waals surface area contributed by atoms with Crippen LogP contribution in [0.2, 0.25) is 0 Å². The first-order chi connectivity index (χ1) is 10.3. The van der Waals surface area contributed by atoms with Gasteiger partial charge < -0.3 is 10.6 Å². The Bertz CT molecular complexity index is 653. The van der Waals surface area contributed by atoms with E-state index in [0.29, 0.717) is 17.1 Å². The first-order valence-electron chi connectivity index (χ1n) is 7.35. The van der Waals surface area contributed by atoms with Crippen LogP contribution in [0.5, 0.6) is 0 Å². The third-order valence-corrected chi connectivity index (χ3v) is 4.51. The van der Waals surface area contributed by atoms with Crippen LogP contribution in [0.3, 0.4) is 0 Å². The van der Waals surface area contributed by atoms with E-state index in [-0.39, 0.29) is 12.3 Å². The molecule has 1 aromatic carbocycles. The molecule has 122 valence electrons. The molecule has 1 aliphatic heterocycles. The fourth-order valence-corrected chi connectivity index (χ4v) is 3.40. The summed E-state index contributed by atoms with van der Waals surface area (Å²) < 4.78 is 36.3. The van der Waals surface area contributed by atoms with Crippen LogP contribution >= 0.6 is 0 Å². The number of guanidine groups is 1. The molecule has 5 nitrogen and oxygen atoms in total. The number of hydrogen-bond donors (Lipinski definition) is 1. The molecule has 0 aliphatic carbocycles. The zero-order valence-corrected chi connectivity index (χ0v) is 13.6. The lowest BCUT2D eigenvalue weighted by Gasteiger charge is -2.27. The number of halogens is 1. The van der Waals surface area contributed by atoms with Crippen LogP contribution in [0.15, 0.2) is 23.2 Å². The van der Waals surface area contributed by atoms with Crippen molar-refractivity contribution in [2.75, 3.05) is 19.3 Å². The van der Waals surface area contributed by atoms with Crippen molar-refractivity contribution >= 4 is 15.8 Å². The first-order valence-corrected chi connectivity index (χ1v) is 9.41. The van der Waals surface area contributed by atoms with Crippen molar-refractivity contribution in [2.45, 2.75) is 31.6 Å². The summed E-state index contributed by atoms with van der Waals surface area (Å²) >= 11 is 0. The fraction of sp³-hybridized carbons (Fsp3) is 0.533. The van der Waals surface area contributed by atoms with Gasteiger partial charge in [-0.25, -0.2) is 17.8 Å². The van der Waals surface area contributed by atoms with Gasteiger partial charge in [-0.05, 0) is 42.5 Å². The van der Waals surface area contributed by atoms with Crippen LogP contribution in [-0.2, 0) is 22.1 Å². The Kier molecular flexibility index (Phi) is 5.39. The van der Waals surface area contributed by atoms with Crippen LogP contribution in [-0.4, -0.2) is 38.6 Å². The molecule has 2 rings (SSSR count). The zero-order valence-electron chi connectivity index (χ0n) is 12.8. The maximum atomic E-state index is 13.4. The van der Waals surface area contributed by atoms with E-state index >= 15 is 0 Å². The van der Waals surface area contributed by atoms with Gasteiger partial charge >= 0.3 is 0 Å². The Labute approximate surface area is 130 Å². The molecule has 0 atom stereocenters. The predicted octanol–water partition coefficient (Wildman–Crippen LogP) is 1.67. The Morgan fingerprint density at radius 2 is 1.95 bits per heavy atom. The second-order valence-electron chi connectivity index (χ2n) is 5.71. The standard InChI is InChI=1S/C15H22FN3O2S/c1-22(20,21)11-12-5-6-14(16)9-13(12)10-18-15(17)19-7-3-2-4-8-19/h5-6,9H,2-4,7-8,10-11H2,1H3,(H2,17,18). The molecular weight excluding hydrogens is 305 g/mol. The van der Waals surface area contributed by atoms with Crippen LogP contribution < -0.4 is 5.73 Å². The van der Waals surface area contributed by atoms with Crippen molar-refractivity contribution in [2.24, 2.45) is 10.7 Å². The molecule has 0 bridgehead atoms. The summed E-state index contributed by atoms with van der Waals surface area (Å²) in [5.74, 6) is -0.0878. The zero-order chi connectivity index (χ0) is 16.2. The van der Waals surface area contributed by atoms with E-state index in [1.54, 1.807) is 0 Å². The molecule has 1 aliphatic rings. The van der Waals surface area contributed by atoms with E-state index in [2.05, 4.69) is 4.99 Å². The predicted molar refractivity (Wildman–Crippen MR) is 85.7 cm³/mol. The van der Waals surface area contributed by atoms with Crippen LogP contribution in [0.25, 0.3) is 0 Å². The Hall–Kier alpha value is -1.63. The maximum absolute atomic E-state index is 13.4. The Balaban J connectivity index is 2.15. The fourth-order valence-electron chi connectivity index (χ4n) is 2.55. The van der Waals surface area contributed by atoms with Gasteiger partial charge in [0, 0.05) is 19.3 Å². The maximum Gasteiger partial charge on any atom is 0.191 e. The lowest BCUT2D eigenvalue weighted by atomic mass is 10.1. The SMILES string of the molecule is CS(=O)(=O)Cc1ccc(F)cc1CN=C(N)N1CCCCC1. The van der Waals surface area contributed by atoms with Gasteiger partial charge in [0.1, 0.15) is 5.82 Å². The van der Waals surface area contributed by atoms with Crippen molar-refractivity contribution in [3.8, 4) is 0 Å². The number of likely N-dealkylation sites (tertiary alicyclic amines) is 1. The summed E-state index contributed by atoms with van der Waals surface area (Å²) in [6, 6.07) is 4.09. The van der Waals surface area contributed by atoms with Gasteiger partial charge in [-0.15, -0.1) is 0 Å². The van der Waals surface area contributed by atoms with Crippen molar-refractivity contribution < 1.29 is 12.8 Å². The van der Waals surface area contributed by atoms with Gasteiger partial charge in [-0.3, -0.25) is 0 Å². The van der Waals surface area contributed by atoms with Crippen LogP contribution in [0.4, 0.5) is 4.39 Å². The van der Waals surface area contributed by atoms with Crippen LogP contribution in [0.1, 0.15) is 30.4 Å². The van der Waals surface area contributed by atoms with E-state index in [0.717, 1.165) is 32.2 Å². The molecule has 0 unspecified atom stereocenters. The highest BCUT2D eigenvalue weighted by molar-refractivity contribution is 7.89. The third kappa shape index (κ3) is 4.98. The van der Waals surface area contributed by atoms with Crippen molar-refractivity contribution in [3.63, 3.8) is 0 Å². The molecule has 1 heterocycles. The lowest BCUT2D eigenvalue weighted by molar-refractivity contribution is 0.338. The van der Waals surface area contributed by atoms with Gasteiger partial charge in [0.05, 0.1) is 12.3 Å². The molecule has 1 aromatic rings. The normalized spacial score (nSPS) is 16.8. The lowest BCUT2D eigenvalue weighted by Crippen LogP contribution is -2.40. The summed E-state index contributed by atoms with van der Waals surface area (Å²) in [4.78, 5) is 6.32.